The monoisotopic (exact) mass is 357 g/mol. The number of carbonyl (C=O) groups excluding carboxylic acids is 2. The maximum Gasteiger partial charge on any atom is 0.373 e. The summed E-state index contributed by atoms with van der Waals surface area (Å²) < 4.78 is 11.5. The Balaban J connectivity index is 1.73. The van der Waals surface area contributed by atoms with E-state index < -0.39 is 17.8 Å². The Hall–Kier alpha value is -3.60. The highest BCUT2D eigenvalue weighted by molar-refractivity contribution is 6.01. The van der Waals surface area contributed by atoms with Crippen molar-refractivity contribution in [2.45, 2.75) is 12.5 Å². The molecule has 5 heteroatoms. The minimum Gasteiger partial charge on any atom is -0.396 e. The molecule has 0 aliphatic carbocycles. The van der Waals surface area contributed by atoms with E-state index in [1.54, 1.807) is 36.4 Å². The van der Waals surface area contributed by atoms with Crippen LogP contribution in [-0.4, -0.2) is 11.9 Å². The summed E-state index contributed by atoms with van der Waals surface area (Å²) in [4.78, 5) is 27.1. The van der Waals surface area contributed by atoms with Gasteiger partial charge < -0.3 is 9.47 Å². The standard InChI is InChI=1S/C22H15NO4/c24-20-16-10-4-6-12-18(16)22(26-20)23(14-15-8-2-1-3-9-15)19-13-7-5-11-17(19)21(25)27-22/h1-13H,14H2. The van der Waals surface area contributed by atoms with Gasteiger partial charge in [-0.3, -0.25) is 4.90 Å². The molecule has 1 unspecified atom stereocenters. The molecule has 0 aromatic heterocycles. The van der Waals surface area contributed by atoms with E-state index in [9.17, 15) is 9.59 Å². The molecule has 132 valence electrons. The van der Waals surface area contributed by atoms with Crippen LogP contribution in [0.5, 0.6) is 0 Å². The molecular formula is C22H15NO4. The smallest absolute Gasteiger partial charge is 0.373 e. The molecule has 0 saturated heterocycles. The highest BCUT2D eigenvalue weighted by atomic mass is 16.8. The second kappa shape index (κ2) is 5.71. The van der Waals surface area contributed by atoms with Crippen LogP contribution in [0.3, 0.4) is 0 Å². The molecule has 0 bridgehead atoms. The summed E-state index contributed by atoms with van der Waals surface area (Å²) in [5.41, 5.74) is 3.06. The Labute approximate surface area is 155 Å². The third-order valence-corrected chi connectivity index (χ3v) is 4.90. The molecule has 2 aliphatic rings. The molecule has 3 aromatic carbocycles. The van der Waals surface area contributed by atoms with E-state index in [0.717, 1.165) is 5.56 Å². The number of fused-ring (bicyclic) bond motifs is 3. The fraction of sp³-hybridized carbons (Fsp3) is 0.0909. The van der Waals surface area contributed by atoms with Gasteiger partial charge in [0.1, 0.15) is 0 Å². The molecule has 0 radical (unpaired) electrons. The Morgan fingerprint density at radius 2 is 1.30 bits per heavy atom. The van der Waals surface area contributed by atoms with Crippen LogP contribution in [0.25, 0.3) is 0 Å². The van der Waals surface area contributed by atoms with E-state index in [1.807, 2.05) is 47.4 Å². The largest absolute Gasteiger partial charge is 0.396 e. The van der Waals surface area contributed by atoms with Crippen molar-refractivity contribution in [3.63, 3.8) is 0 Å². The molecule has 0 N–H and O–H groups in total. The van der Waals surface area contributed by atoms with Gasteiger partial charge >= 0.3 is 17.8 Å². The highest BCUT2D eigenvalue weighted by Gasteiger charge is 2.57. The zero-order chi connectivity index (χ0) is 18.4. The van der Waals surface area contributed by atoms with Gasteiger partial charge in [-0.05, 0) is 29.8 Å². The van der Waals surface area contributed by atoms with Crippen molar-refractivity contribution in [1.82, 2.24) is 0 Å². The Kier molecular flexibility index (Phi) is 3.31. The summed E-state index contributed by atoms with van der Waals surface area (Å²) >= 11 is 0. The average molecular weight is 357 g/mol. The molecular weight excluding hydrogens is 342 g/mol. The molecule has 1 spiro atoms. The van der Waals surface area contributed by atoms with Crippen LogP contribution in [0.4, 0.5) is 5.69 Å². The predicted octanol–water partition coefficient (Wildman–Crippen LogP) is 3.84. The van der Waals surface area contributed by atoms with Crippen LogP contribution in [0.2, 0.25) is 0 Å². The quantitative estimate of drug-likeness (QED) is 0.652. The van der Waals surface area contributed by atoms with Gasteiger partial charge in [0.2, 0.25) is 0 Å². The van der Waals surface area contributed by atoms with Crippen LogP contribution in [0.1, 0.15) is 31.8 Å². The third kappa shape index (κ3) is 2.25. The lowest BCUT2D eigenvalue weighted by atomic mass is 10.0. The zero-order valence-electron chi connectivity index (χ0n) is 14.3. The van der Waals surface area contributed by atoms with E-state index >= 15 is 0 Å². The third-order valence-electron chi connectivity index (χ3n) is 4.90. The van der Waals surface area contributed by atoms with Gasteiger partial charge in [-0.15, -0.1) is 0 Å². The number of carbonyl (C=O) groups is 2. The van der Waals surface area contributed by atoms with Crippen molar-refractivity contribution in [2.75, 3.05) is 4.90 Å². The number of benzene rings is 3. The molecule has 0 saturated carbocycles. The lowest BCUT2D eigenvalue weighted by Crippen LogP contribution is -2.53. The van der Waals surface area contributed by atoms with Crippen molar-refractivity contribution < 1.29 is 19.1 Å². The van der Waals surface area contributed by atoms with Crippen molar-refractivity contribution in [1.29, 1.82) is 0 Å². The molecule has 0 amide bonds. The molecule has 0 fully saturated rings. The summed E-state index contributed by atoms with van der Waals surface area (Å²) in [6.07, 6.45) is 0. The fourth-order valence-corrected chi connectivity index (χ4v) is 3.68. The van der Waals surface area contributed by atoms with E-state index in [0.29, 0.717) is 28.9 Å². The lowest BCUT2D eigenvalue weighted by Gasteiger charge is -2.43. The first kappa shape index (κ1) is 15.6. The Bertz CT molecular complexity index is 1060. The fourth-order valence-electron chi connectivity index (χ4n) is 3.68. The molecule has 3 aromatic rings. The number of esters is 2. The van der Waals surface area contributed by atoms with Crippen LogP contribution in [0, 0.1) is 0 Å². The second-order valence-corrected chi connectivity index (χ2v) is 6.50. The average Bonchev–Trinajstić information content (AvgIpc) is 2.99. The first-order valence-corrected chi connectivity index (χ1v) is 8.66. The summed E-state index contributed by atoms with van der Waals surface area (Å²) in [6, 6.07) is 24.0. The van der Waals surface area contributed by atoms with Crippen molar-refractivity contribution >= 4 is 17.6 Å². The van der Waals surface area contributed by atoms with Gasteiger partial charge in [0, 0.05) is 0 Å². The topological polar surface area (TPSA) is 55.8 Å². The highest BCUT2D eigenvalue weighted by Crippen LogP contribution is 2.47. The van der Waals surface area contributed by atoms with E-state index in [1.165, 1.54) is 0 Å². The van der Waals surface area contributed by atoms with Crippen molar-refractivity contribution in [3.8, 4) is 0 Å². The predicted molar refractivity (Wildman–Crippen MR) is 98.0 cm³/mol. The molecule has 2 aliphatic heterocycles. The Morgan fingerprint density at radius 3 is 2.07 bits per heavy atom. The van der Waals surface area contributed by atoms with Crippen molar-refractivity contribution in [3.05, 3.63) is 101 Å². The Morgan fingerprint density at radius 1 is 0.704 bits per heavy atom. The van der Waals surface area contributed by atoms with Gasteiger partial charge in [0.25, 0.3) is 0 Å². The van der Waals surface area contributed by atoms with Gasteiger partial charge in [-0.2, -0.15) is 0 Å². The number of para-hydroxylation sites is 1. The van der Waals surface area contributed by atoms with E-state index in [2.05, 4.69) is 0 Å². The van der Waals surface area contributed by atoms with E-state index in [-0.39, 0.29) is 0 Å². The number of hydrogen-bond donors (Lipinski definition) is 0. The molecule has 27 heavy (non-hydrogen) atoms. The first-order valence-electron chi connectivity index (χ1n) is 8.66. The summed E-state index contributed by atoms with van der Waals surface area (Å²) in [5, 5.41) is 0. The number of nitrogens with zero attached hydrogens (tertiary/aromatic N) is 1. The number of hydrogen-bond acceptors (Lipinski definition) is 5. The van der Waals surface area contributed by atoms with Gasteiger partial charge in [0.05, 0.1) is 28.9 Å². The van der Waals surface area contributed by atoms with Crippen LogP contribution < -0.4 is 4.90 Å². The minimum absolute atomic E-state index is 0.405. The van der Waals surface area contributed by atoms with Gasteiger partial charge in [-0.25, -0.2) is 9.59 Å². The van der Waals surface area contributed by atoms with Crippen molar-refractivity contribution in [2.24, 2.45) is 0 Å². The zero-order valence-corrected chi connectivity index (χ0v) is 14.3. The first-order chi connectivity index (χ1) is 13.2. The normalized spacial score (nSPS) is 20.1. The minimum atomic E-state index is -1.60. The molecule has 5 nitrogen and oxygen atoms in total. The SMILES string of the molecule is O=C1OC2(OC(=O)c3ccccc32)N(Cc2ccccc2)c2ccccc21. The number of anilines is 1. The van der Waals surface area contributed by atoms with Gasteiger partial charge in [-0.1, -0.05) is 54.6 Å². The summed E-state index contributed by atoms with van der Waals surface area (Å²) in [7, 11) is 0. The van der Waals surface area contributed by atoms with E-state index in [4.69, 9.17) is 9.47 Å². The molecule has 2 heterocycles. The summed E-state index contributed by atoms with van der Waals surface area (Å²) in [6.45, 7) is 0.409. The van der Waals surface area contributed by atoms with Crippen LogP contribution in [0.15, 0.2) is 78.9 Å². The summed E-state index contributed by atoms with van der Waals surface area (Å²) in [5.74, 6) is -2.62. The van der Waals surface area contributed by atoms with Gasteiger partial charge in [0.15, 0.2) is 0 Å². The maximum absolute atomic E-state index is 12.7. The van der Waals surface area contributed by atoms with Crippen LogP contribution in [-0.2, 0) is 21.9 Å². The number of rotatable bonds is 2. The molecule has 1 atom stereocenters. The second-order valence-electron chi connectivity index (χ2n) is 6.50. The lowest BCUT2D eigenvalue weighted by molar-refractivity contribution is -0.172. The number of ether oxygens (including phenoxy) is 2. The molecule has 5 rings (SSSR count). The maximum atomic E-state index is 12.7. The van der Waals surface area contributed by atoms with Crippen LogP contribution >= 0.6 is 0 Å².